The lowest BCUT2D eigenvalue weighted by molar-refractivity contribution is -0.142. The van der Waals surface area contributed by atoms with E-state index >= 15 is 0 Å². The van der Waals surface area contributed by atoms with Crippen molar-refractivity contribution >= 4 is 11.7 Å². The number of rotatable bonds is 4. The number of halogens is 3. The highest BCUT2D eigenvalue weighted by atomic mass is 19.4. The predicted octanol–water partition coefficient (Wildman–Crippen LogP) is 3.39. The van der Waals surface area contributed by atoms with Gasteiger partial charge in [-0.15, -0.1) is 10.2 Å². The van der Waals surface area contributed by atoms with Gasteiger partial charge in [0.15, 0.2) is 17.3 Å². The Labute approximate surface area is 167 Å². The number of aromatic nitrogens is 6. The fourth-order valence-electron chi connectivity index (χ4n) is 2.61. The zero-order chi connectivity index (χ0) is 21.1. The molecule has 150 valence electrons. The minimum Gasteiger partial charge on any atom is -0.305 e. The lowest BCUT2D eigenvalue weighted by Crippen LogP contribution is -2.16. The van der Waals surface area contributed by atoms with E-state index in [9.17, 15) is 18.0 Å². The van der Waals surface area contributed by atoms with Gasteiger partial charge in [0, 0.05) is 35.9 Å². The lowest BCUT2D eigenvalue weighted by Gasteiger charge is -2.09. The largest absolute Gasteiger partial charge is 0.433 e. The summed E-state index contributed by atoms with van der Waals surface area (Å²) in [5, 5.41) is 14.1. The summed E-state index contributed by atoms with van der Waals surface area (Å²) in [6.07, 6.45) is 1.18. The summed E-state index contributed by atoms with van der Waals surface area (Å²) in [6.45, 7) is 0. The molecule has 0 aromatic carbocycles. The van der Waals surface area contributed by atoms with Gasteiger partial charge in [0.25, 0.3) is 5.91 Å². The Balaban J connectivity index is 1.64. The van der Waals surface area contributed by atoms with Crippen LogP contribution in [0.2, 0.25) is 0 Å². The van der Waals surface area contributed by atoms with E-state index in [-0.39, 0.29) is 17.3 Å². The number of nitrogens with one attached hydrogen (secondary N) is 1. The molecule has 1 N–H and O–H groups in total. The molecular weight excluding hydrogens is 399 g/mol. The van der Waals surface area contributed by atoms with Gasteiger partial charge in [-0.25, -0.2) is 4.68 Å². The summed E-state index contributed by atoms with van der Waals surface area (Å²) in [4.78, 5) is 19.9. The first-order chi connectivity index (χ1) is 14.4. The maximum Gasteiger partial charge on any atom is 0.433 e. The Morgan fingerprint density at radius 3 is 2.40 bits per heavy atom. The molecule has 0 radical (unpaired) electrons. The van der Waals surface area contributed by atoms with E-state index in [4.69, 9.17) is 0 Å². The molecule has 0 bridgehead atoms. The van der Waals surface area contributed by atoms with Crippen molar-refractivity contribution in [2.75, 3.05) is 5.32 Å². The quantitative estimate of drug-likeness (QED) is 0.553. The predicted molar refractivity (Wildman–Crippen MR) is 99.6 cm³/mol. The zero-order valence-electron chi connectivity index (χ0n) is 15.1. The Bertz CT molecular complexity index is 1160. The Morgan fingerprint density at radius 1 is 0.967 bits per heavy atom. The van der Waals surface area contributed by atoms with E-state index in [2.05, 4.69) is 30.6 Å². The van der Waals surface area contributed by atoms with Crippen LogP contribution in [0.25, 0.3) is 17.1 Å². The molecule has 4 rings (SSSR count). The van der Waals surface area contributed by atoms with Gasteiger partial charge >= 0.3 is 6.18 Å². The van der Waals surface area contributed by atoms with Gasteiger partial charge in [0.1, 0.15) is 0 Å². The molecule has 8 nitrogen and oxygen atoms in total. The minimum atomic E-state index is -4.66. The van der Waals surface area contributed by atoms with Gasteiger partial charge in [-0.2, -0.15) is 18.3 Å². The number of nitrogens with zero attached hydrogens (tertiary/aromatic N) is 6. The number of hydrogen-bond acceptors (Lipinski definition) is 6. The van der Waals surface area contributed by atoms with E-state index in [1.165, 1.54) is 49.1 Å². The summed E-state index contributed by atoms with van der Waals surface area (Å²) in [5.41, 5.74) is -0.143. The van der Waals surface area contributed by atoms with Crippen LogP contribution in [0.1, 0.15) is 16.1 Å². The van der Waals surface area contributed by atoms with Crippen molar-refractivity contribution in [1.82, 2.24) is 29.9 Å². The molecule has 4 heterocycles. The van der Waals surface area contributed by atoms with E-state index < -0.39 is 17.8 Å². The second kappa shape index (κ2) is 7.70. The third-order valence-corrected chi connectivity index (χ3v) is 4.01. The Morgan fingerprint density at radius 2 is 1.77 bits per heavy atom. The van der Waals surface area contributed by atoms with Crippen molar-refractivity contribution in [3.05, 3.63) is 78.5 Å². The molecule has 4 aromatic heterocycles. The highest BCUT2D eigenvalue weighted by Crippen LogP contribution is 2.33. The second-order valence-electron chi connectivity index (χ2n) is 6.03. The Kier molecular flexibility index (Phi) is 4.92. The molecule has 4 aromatic rings. The molecule has 1 amide bonds. The summed E-state index contributed by atoms with van der Waals surface area (Å²) in [5.74, 6) is -0.526. The number of pyridine rings is 2. The standard InChI is InChI=1S/C19H12F3N7O/c20-19(21,22)15-10-14(13-2-1-7-24-11-13)28-29(15)17-4-3-16(26-27-17)25-18(30)12-5-8-23-9-6-12/h1-11H,(H,25,26,30). The second-order valence-corrected chi connectivity index (χ2v) is 6.03. The molecule has 0 unspecified atom stereocenters. The molecule has 0 spiro atoms. The zero-order valence-corrected chi connectivity index (χ0v) is 15.1. The lowest BCUT2D eigenvalue weighted by atomic mass is 10.2. The van der Waals surface area contributed by atoms with Crippen LogP contribution < -0.4 is 5.32 Å². The van der Waals surface area contributed by atoms with Gasteiger partial charge in [0.2, 0.25) is 0 Å². The molecule has 0 atom stereocenters. The highest BCUT2D eigenvalue weighted by molar-refractivity contribution is 6.03. The van der Waals surface area contributed by atoms with Gasteiger partial charge in [-0.05, 0) is 42.5 Å². The fourth-order valence-corrected chi connectivity index (χ4v) is 2.61. The number of amides is 1. The van der Waals surface area contributed by atoms with Crippen LogP contribution in [0.15, 0.2) is 67.3 Å². The molecule has 0 saturated carbocycles. The summed E-state index contributed by atoms with van der Waals surface area (Å²) in [6, 6.07) is 9.76. The van der Waals surface area contributed by atoms with Crippen molar-refractivity contribution in [2.24, 2.45) is 0 Å². The van der Waals surface area contributed by atoms with Crippen molar-refractivity contribution in [1.29, 1.82) is 0 Å². The fraction of sp³-hybridized carbons (Fsp3) is 0.0526. The normalized spacial score (nSPS) is 11.3. The number of carbonyl (C=O) groups is 1. The molecule has 11 heteroatoms. The van der Waals surface area contributed by atoms with Gasteiger partial charge < -0.3 is 5.32 Å². The maximum atomic E-state index is 13.5. The molecule has 30 heavy (non-hydrogen) atoms. The SMILES string of the molecule is O=C(Nc1ccc(-n2nc(-c3cccnc3)cc2C(F)(F)F)nn1)c1ccncc1. The van der Waals surface area contributed by atoms with Crippen LogP contribution >= 0.6 is 0 Å². The first-order valence-corrected chi connectivity index (χ1v) is 8.55. The van der Waals surface area contributed by atoms with Crippen LogP contribution in [-0.4, -0.2) is 35.9 Å². The minimum absolute atomic E-state index is 0.0776. The Hall–Kier alpha value is -4.15. The number of carbonyl (C=O) groups excluding carboxylic acids is 1. The third kappa shape index (κ3) is 3.99. The highest BCUT2D eigenvalue weighted by Gasteiger charge is 2.37. The van der Waals surface area contributed by atoms with E-state index in [0.29, 0.717) is 15.8 Å². The molecule has 0 aliphatic rings. The van der Waals surface area contributed by atoms with Gasteiger partial charge in [-0.3, -0.25) is 14.8 Å². The number of anilines is 1. The van der Waals surface area contributed by atoms with Crippen molar-refractivity contribution < 1.29 is 18.0 Å². The smallest absolute Gasteiger partial charge is 0.305 e. The summed E-state index contributed by atoms with van der Waals surface area (Å²) < 4.78 is 41.2. The molecule has 0 aliphatic heterocycles. The topological polar surface area (TPSA) is 98.5 Å². The van der Waals surface area contributed by atoms with Crippen molar-refractivity contribution in [2.45, 2.75) is 6.18 Å². The molecule has 0 aliphatic carbocycles. The van der Waals surface area contributed by atoms with E-state index in [1.54, 1.807) is 12.1 Å². The van der Waals surface area contributed by atoms with Crippen molar-refractivity contribution in [3.63, 3.8) is 0 Å². The van der Waals surface area contributed by atoms with Crippen LogP contribution in [0, 0.1) is 0 Å². The first-order valence-electron chi connectivity index (χ1n) is 8.55. The van der Waals surface area contributed by atoms with Crippen LogP contribution in [0.5, 0.6) is 0 Å². The van der Waals surface area contributed by atoms with Crippen LogP contribution in [-0.2, 0) is 6.18 Å². The average molecular weight is 411 g/mol. The molecule has 0 fully saturated rings. The molecule has 0 saturated heterocycles. The monoisotopic (exact) mass is 411 g/mol. The van der Waals surface area contributed by atoms with Gasteiger partial charge in [0.05, 0.1) is 5.69 Å². The summed E-state index contributed by atoms with van der Waals surface area (Å²) >= 11 is 0. The third-order valence-electron chi connectivity index (χ3n) is 4.01. The van der Waals surface area contributed by atoms with E-state index in [1.807, 2.05) is 0 Å². The number of alkyl halides is 3. The van der Waals surface area contributed by atoms with E-state index in [0.717, 1.165) is 6.07 Å². The van der Waals surface area contributed by atoms with Crippen molar-refractivity contribution in [3.8, 4) is 17.1 Å². The van der Waals surface area contributed by atoms with Gasteiger partial charge in [-0.1, -0.05) is 0 Å². The van der Waals surface area contributed by atoms with Crippen LogP contribution in [0.3, 0.4) is 0 Å². The summed E-state index contributed by atoms with van der Waals surface area (Å²) in [7, 11) is 0. The first kappa shape index (κ1) is 19.2. The molecular formula is C19H12F3N7O. The number of hydrogen-bond donors (Lipinski definition) is 1. The average Bonchev–Trinajstić information content (AvgIpc) is 3.22. The maximum absolute atomic E-state index is 13.5. The van der Waals surface area contributed by atoms with Crippen LogP contribution in [0.4, 0.5) is 19.0 Å².